The van der Waals surface area contributed by atoms with Crippen molar-refractivity contribution in [2.24, 2.45) is 0 Å². The fourth-order valence-electron chi connectivity index (χ4n) is 3.43. The monoisotopic (exact) mass is 421 g/mol. The highest BCUT2D eigenvalue weighted by Gasteiger charge is 2.25. The van der Waals surface area contributed by atoms with Crippen LogP contribution in [-0.4, -0.2) is 38.9 Å². The van der Waals surface area contributed by atoms with Crippen molar-refractivity contribution < 1.29 is 0 Å². The van der Waals surface area contributed by atoms with Crippen molar-refractivity contribution >= 4 is 34.0 Å². The molecule has 132 valence electrons. The first-order chi connectivity index (χ1) is 11.7. The number of piperazine rings is 1. The van der Waals surface area contributed by atoms with Gasteiger partial charge in [-0.2, -0.15) is 0 Å². The number of fused-ring (bicyclic) bond motifs is 1. The van der Waals surface area contributed by atoms with E-state index in [0.29, 0.717) is 6.04 Å². The van der Waals surface area contributed by atoms with E-state index in [4.69, 9.17) is 0 Å². The Morgan fingerprint density at radius 1 is 1.36 bits per heavy atom. The van der Waals surface area contributed by atoms with Crippen LogP contribution < -0.4 is 5.32 Å². The molecule has 3 aromatic heterocycles. The number of nitrogens with one attached hydrogen (secondary N) is 1. The largest absolute Gasteiger partial charge is 0.314 e. The maximum atomic E-state index is 4.61. The molecule has 1 saturated heterocycles. The molecule has 0 spiro atoms. The van der Waals surface area contributed by atoms with Gasteiger partial charge < -0.3 is 9.72 Å². The van der Waals surface area contributed by atoms with Gasteiger partial charge in [0.1, 0.15) is 5.65 Å². The van der Waals surface area contributed by atoms with Gasteiger partial charge in [0.25, 0.3) is 0 Å². The third-order valence-electron chi connectivity index (χ3n) is 4.62. The minimum atomic E-state index is 0. The predicted octanol–water partition coefficient (Wildman–Crippen LogP) is 3.37. The molecular formula is C18H21BrClN5. The Bertz CT molecular complexity index is 851. The summed E-state index contributed by atoms with van der Waals surface area (Å²) in [6.07, 6.45) is 7.90. The lowest BCUT2D eigenvalue weighted by atomic mass is 10.1. The highest BCUT2D eigenvalue weighted by Crippen LogP contribution is 2.25. The number of nitrogens with zero attached hydrogens (tertiary/aromatic N) is 4. The fraction of sp³-hybridized carbons (Fsp3) is 0.333. The zero-order valence-electron chi connectivity index (χ0n) is 14.0. The molecule has 1 aliphatic rings. The summed E-state index contributed by atoms with van der Waals surface area (Å²) in [5, 5.41) is 3.50. The third kappa shape index (κ3) is 3.72. The molecular weight excluding hydrogens is 402 g/mol. The summed E-state index contributed by atoms with van der Waals surface area (Å²) in [4.78, 5) is 11.4. The van der Waals surface area contributed by atoms with Crippen LogP contribution in [0.2, 0.25) is 0 Å². The van der Waals surface area contributed by atoms with Crippen LogP contribution in [0.1, 0.15) is 22.9 Å². The first-order valence-corrected chi connectivity index (χ1v) is 8.98. The fourth-order valence-corrected chi connectivity index (χ4v) is 3.97. The van der Waals surface area contributed by atoms with Gasteiger partial charge in [-0.1, -0.05) is 6.07 Å². The highest BCUT2D eigenvalue weighted by molar-refractivity contribution is 9.10. The van der Waals surface area contributed by atoms with Crippen LogP contribution in [0, 0.1) is 6.92 Å². The van der Waals surface area contributed by atoms with Crippen LogP contribution in [0.15, 0.2) is 47.5 Å². The molecule has 25 heavy (non-hydrogen) atoms. The Balaban J connectivity index is 0.00000182. The molecule has 0 aromatic carbocycles. The highest BCUT2D eigenvalue weighted by atomic mass is 79.9. The van der Waals surface area contributed by atoms with Crippen LogP contribution in [0.4, 0.5) is 0 Å². The van der Waals surface area contributed by atoms with Crippen LogP contribution in [0.25, 0.3) is 5.65 Å². The summed E-state index contributed by atoms with van der Waals surface area (Å²) < 4.78 is 3.28. The van der Waals surface area contributed by atoms with Gasteiger partial charge in [0.15, 0.2) is 0 Å². The van der Waals surface area contributed by atoms with Crippen molar-refractivity contribution in [3.8, 4) is 0 Å². The number of hydrogen-bond acceptors (Lipinski definition) is 4. The molecule has 0 saturated carbocycles. The van der Waals surface area contributed by atoms with Gasteiger partial charge in [0, 0.05) is 55.3 Å². The van der Waals surface area contributed by atoms with Crippen molar-refractivity contribution in [1.29, 1.82) is 0 Å². The van der Waals surface area contributed by atoms with Crippen molar-refractivity contribution in [3.05, 3.63) is 64.3 Å². The quantitative estimate of drug-likeness (QED) is 0.703. The number of pyridine rings is 2. The van der Waals surface area contributed by atoms with Gasteiger partial charge in [-0.25, -0.2) is 4.98 Å². The van der Waals surface area contributed by atoms with Crippen LogP contribution in [-0.2, 0) is 6.54 Å². The first kappa shape index (κ1) is 18.3. The summed E-state index contributed by atoms with van der Waals surface area (Å²) in [7, 11) is 0. The lowest BCUT2D eigenvalue weighted by Crippen LogP contribution is -2.45. The number of imidazole rings is 1. The topological polar surface area (TPSA) is 45.5 Å². The van der Waals surface area contributed by atoms with Gasteiger partial charge in [-0.05, 0) is 46.1 Å². The standard InChI is InChI=1S/C18H20BrN5.ClH/c1-13-7-15(19)11-24-16(9-22-18(13)24)12-23-6-5-21-10-17(23)14-3-2-4-20-8-14;/h2-4,7-9,11,17,21H,5-6,10,12H2,1H3;1H. The van der Waals surface area contributed by atoms with Gasteiger partial charge in [0.2, 0.25) is 0 Å². The maximum absolute atomic E-state index is 4.61. The molecule has 4 heterocycles. The van der Waals surface area contributed by atoms with Gasteiger partial charge in [-0.15, -0.1) is 12.4 Å². The summed E-state index contributed by atoms with van der Waals surface area (Å²) >= 11 is 3.60. The summed E-state index contributed by atoms with van der Waals surface area (Å²) in [6, 6.07) is 6.62. The molecule has 0 amide bonds. The molecule has 1 atom stereocenters. The smallest absolute Gasteiger partial charge is 0.139 e. The Morgan fingerprint density at radius 3 is 3.04 bits per heavy atom. The van der Waals surface area contributed by atoms with E-state index in [1.807, 2.05) is 24.7 Å². The molecule has 5 nitrogen and oxygen atoms in total. The van der Waals surface area contributed by atoms with Crippen molar-refractivity contribution in [3.63, 3.8) is 0 Å². The lowest BCUT2D eigenvalue weighted by molar-refractivity contribution is 0.151. The van der Waals surface area contributed by atoms with E-state index in [9.17, 15) is 0 Å². The molecule has 7 heteroatoms. The van der Waals surface area contributed by atoms with E-state index in [0.717, 1.165) is 36.3 Å². The summed E-state index contributed by atoms with van der Waals surface area (Å²) in [6.45, 7) is 5.94. The average molecular weight is 423 g/mol. The van der Waals surface area contributed by atoms with E-state index in [1.54, 1.807) is 0 Å². The van der Waals surface area contributed by atoms with Crippen molar-refractivity contribution in [2.45, 2.75) is 19.5 Å². The second-order valence-corrected chi connectivity index (χ2v) is 7.18. The maximum Gasteiger partial charge on any atom is 0.139 e. The number of rotatable bonds is 3. The van der Waals surface area contributed by atoms with Crippen LogP contribution in [0.3, 0.4) is 0 Å². The van der Waals surface area contributed by atoms with Gasteiger partial charge in [0.05, 0.1) is 11.9 Å². The molecule has 1 N–H and O–H groups in total. The summed E-state index contributed by atoms with van der Waals surface area (Å²) in [5.74, 6) is 0. The first-order valence-electron chi connectivity index (χ1n) is 8.19. The number of hydrogen-bond donors (Lipinski definition) is 1. The van der Waals surface area contributed by atoms with Gasteiger partial charge in [-0.3, -0.25) is 9.88 Å². The number of halogens is 2. The minimum absolute atomic E-state index is 0. The molecule has 3 aromatic rings. The van der Waals surface area contributed by atoms with E-state index in [-0.39, 0.29) is 12.4 Å². The van der Waals surface area contributed by atoms with E-state index in [2.05, 4.69) is 65.8 Å². The number of aromatic nitrogens is 3. The summed E-state index contributed by atoms with van der Waals surface area (Å²) in [5.41, 5.74) is 4.68. The Hall–Kier alpha value is -1.47. The Kier molecular flexibility index (Phi) is 5.74. The zero-order valence-corrected chi connectivity index (χ0v) is 16.4. The van der Waals surface area contributed by atoms with E-state index in [1.165, 1.54) is 16.8 Å². The van der Waals surface area contributed by atoms with Crippen LogP contribution >= 0.6 is 28.3 Å². The SMILES string of the molecule is Cc1cc(Br)cn2c(CN3CCNCC3c3cccnc3)cnc12.Cl. The second-order valence-electron chi connectivity index (χ2n) is 6.26. The third-order valence-corrected chi connectivity index (χ3v) is 5.06. The van der Waals surface area contributed by atoms with Crippen molar-refractivity contribution in [1.82, 2.24) is 24.6 Å². The molecule has 0 radical (unpaired) electrons. The van der Waals surface area contributed by atoms with E-state index < -0.39 is 0 Å². The molecule has 1 fully saturated rings. The molecule has 0 aliphatic carbocycles. The Morgan fingerprint density at radius 2 is 2.24 bits per heavy atom. The number of aryl methyl sites for hydroxylation is 1. The van der Waals surface area contributed by atoms with Crippen LogP contribution in [0.5, 0.6) is 0 Å². The van der Waals surface area contributed by atoms with Crippen molar-refractivity contribution in [2.75, 3.05) is 19.6 Å². The lowest BCUT2D eigenvalue weighted by Gasteiger charge is -2.36. The van der Waals surface area contributed by atoms with Gasteiger partial charge >= 0.3 is 0 Å². The molecule has 4 rings (SSSR count). The Labute approximate surface area is 162 Å². The molecule has 1 unspecified atom stereocenters. The minimum Gasteiger partial charge on any atom is -0.314 e. The molecule has 0 bridgehead atoms. The predicted molar refractivity (Wildman–Crippen MR) is 105 cm³/mol. The zero-order chi connectivity index (χ0) is 16.5. The normalized spacial score (nSPS) is 18.2. The second kappa shape index (κ2) is 7.83. The molecule has 1 aliphatic heterocycles. The van der Waals surface area contributed by atoms with E-state index >= 15 is 0 Å². The average Bonchev–Trinajstić information content (AvgIpc) is 2.99.